The summed E-state index contributed by atoms with van der Waals surface area (Å²) in [4.78, 5) is 14.6. The van der Waals surface area contributed by atoms with Gasteiger partial charge in [0.2, 0.25) is 5.91 Å². The summed E-state index contributed by atoms with van der Waals surface area (Å²) in [5.74, 6) is 1.54. The smallest absolute Gasteiger partial charge is 0.233 e. The normalized spacial score (nSPS) is 14.1. The minimum atomic E-state index is 0.202. The third-order valence-electron chi connectivity index (χ3n) is 5.22. The molecule has 1 aliphatic rings. The van der Waals surface area contributed by atoms with Gasteiger partial charge in [-0.3, -0.25) is 4.79 Å². The van der Waals surface area contributed by atoms with E-state index < -0.39 is 0 Å². The van der Waals surface area contributed by atoms with Gasteiger partial charge in [-0.05, 0) is 30.4 Å². The van der Waals surface area contributed by atoms with E-state index in [2.05, 4.69) is 39.0 Å². The molecular formula is C23H26N4OS. The van der Waals surface area contributed by atoms with Crippen LogP contribution in [0.3, 0.4) is 0 Å². The Kier molecular flexibility index (Phi) is 6.62. The fourth-order valence-corrected chi connectivity index (χ4v) is 4.48. The maximum atomic E-state index is 12.6. The summed E-state index contributed by atoms with van der Waals surface area (Å²) in [6.07, 6.45) is 4.18. The zero-order chi connectivity index (χ0) is 19.9. The number of carbonyl (C=O) groups is 1. The zero-order valence-electron chi connectivity index (χ0n) is 16.5. The van der Waals surface area contributed by atoms with Crippen LogP contribution in [0, 0.1) is 0 Å². The highest BCUT2D eigenvalue weighted by molar-refractivity contribution is 7.99. The molecule has 5 nitrogen and oxygen atoms in total. The fraction of sp³-hybridized carbons (Fsp3) is 0.348. The lowest BCUT2D eigenvalue weighted by Crippen LogP contribution is -2.36. The van der Waals surface area contributed by atoms with E-state index in [1.807, 2.05) is 41.3 Å². The third kappa shape index (κ3) is 5.26. The average Bonchev–Trinajstić information content (AvgIpc) is 3.15. The number of thioether (sulfide) groups is 1. The molecule has 3 aromatic rings. The minimum absolute atomic E-state index is 0.202. The molecule has 1 saturated heterocycles. The molecule has 0 unspecified atom stereocenters. The van der Waals surface area contributed by atoms with Crippen LogP contribution >= 0.6 is 11.8 Å². The number of piperidine rings is 1. The molecule has 0 saturated carbocycles. The zero-order valence-corrected chi connectivity index (χ0v) is 17.4. The average molecular weight is 407 g/mol. The van der Waals surface area contributed by atoms with Gasteiger partial charge < -0.3 is 9.47 Å². The number of aromatic nitrogens is 3. The molecule has 0 aliphatic carbocycles. The maximum absolute atomic E-state index is 12.6. The van der Waals surface area contributed by atoms with Gasteiger partial charge in [-0.1, -0.05) is 72.4 Å². The van der Waals surface area contributed by atoms with Crippen LogP contribution in [0.5, 0.6) is 0 Å². The van der Waals surface area contributed by atoms with Crippen molar-refractivity contribution in [2.24, 2.45) is 0 Å². The first-order valence-corrected chi connectivity index (χ1v) is 11.2. The van der Waals surface area contributed by atoms with Crippen LogP contribution in [0.25, 0.3) is 0 Å². The SMILES string of the molecule is O=C(CSc1nnc(Cc2ccccc2)n1Cc1ccccc1)N1CCCCC1. The highest BCUT2D eigenvalue weighted by Crippen LogP contribution is 2.22. The Morgan fingerprint density at radius 2 is 1.52 bits per heavy atom. The maximum Gasteiger partial charge on any atom is 0.233 e. The van der Waals surface area contributed by atoms with Crippen LogP contribution in [-0.4, -0.2) is 44.4 Å². The van der Waals surface area contributed by atoms with Gasteiger partial charge in [0.05, 0.1) is 12.3 Å². The highest BCUT2D eigenvalue weighted by atomic mass is 32.2. The second-order valence-corrected chi connectivity index (χ2v) is 8.31. The molecular weight excluding hydrogens is 380 g/mol. The van der Waals surface area contributed by atoms with E-state index in [0.29, 0.717) is 12.3 Å². The Labute approximate surface area is 176 Å². The molecule has 0 atom stereocenters. The first-order valence-electron chi connectivity index (χ1n) is 10.2. The van der Waals surface area contributed by atoms with Gasteiger partial charge in [0, 0.05) is 19.5 Å². The number of likely N-dealkylation sites (tertiary alicyclic amines) is 1. The van der Waals surface area contributed by atoms with E-state index in [1.165, 1.54) is 29.3 Å². The Morgan fingerprint density at radius 3 is 2.21 bits per heavy atom. The van der Waals surface area contributed by atoms with Gasteiger partial charge in [-0.2, -0.15) is 0 Å². The van der Waals surface area contributed by atoms with Gasteiger partial charge in [-0.25, -0.2) is 0 Å². The molecule has 0 bridgehead atoms. The van der Waals surface area contributed by atoms with Crippen molar-refractivity contribution < 1.29 is 4.79 Å². The number of benzene rings is 2. The molecule has 0 radical (unpaired) electrons. The molecule has 2 heterocycles. The summed E-state index contributed by atoms with van der Waals surface area (Å²) >= 11 is 1.50. The van der Waals surface area contributed by atoms with Crippen LogP contribution in [0.15, 0.2) is 65.8 Å². The fourth-order valence-electron chi connectivity index (χ4n) is 3.62. The summed E-state index contributed by atoms with van der Waals surface area (Å²) in [6.45, 7) is 2.47. The van der Waals surface area contributed by atoms with Crippen LogP contribution in [0.1, 0.15) is 36.2 Å². The van der Waals surface area contributed by atoms with Crippen molar-refractivity contribution in [2.45, 2.75) is 37.4 Å². The van der Waals surface area contributed by atoms with Crippen molar-refractivity contribution in [3.63, 3.8) is 0 Å². The lowest BCUT2D eigenvalue weighted by Gasteiger charge is -2.26. The summed E-state index contributed by atoms with van der Waals surface area (Å²) in [6, 6.07) is 20.6. The van der Waals surface area contributed by atoms with E-state index in [0.717, 1.165) is 43.3 Å². The van der Waals surface area contributed by atoms with E-state index in [4.69, 9.17) is 0 Å². The van der Waals surface area contributed by atoms with Gasteiger partial charge in [0.1, 0.15) is 5.82 Å². The highest BCUT2D eigenvalue weighted by Gasteiger charge is 2.19. The molecule has 2 aromatic carbocycles. The predicted octanol–water partition coefficient (Wildman–Crippen LogP) is 4.02. The number of rotatable bonds is 7. The van der Waals surface area contributed by atoms with Crippen molar-refractivity contribution in [1.82, 2.24) is 19.7 Å². The topological polar surface area (TPSA) is 51.0 Å². The minimum Gasteiger partial charge on any atom is -0.342 e. The quantitative estimate of drug-likeness (QED) is 0.556. The van der Waals surface area contributed by atoms with Crippen molar-refractivity contribution >= 4 is 17.7 Å². The van der Waals surface area contributed by atoms with Gasteiger partial charge in [0.15, 0.2) is 5.16 Å². The molecule has 1 aromatic heterocycles. The van der Waals surface area contributed by atoms with Crippen LogP contribution in [0.2, 0.25) is 0 Å². The van der Waals surface area contributed by atoms with E-state index in [9.17, 15) is 4.79 Å². The monoisotopic (exact) mass is 406 g/mol. The van der Waals surface area contributed by atoms with Crippen molar-refractivity contribution in [2.75, 3.05) is 18.8 Å². The Hall–Kier alpha value is -2.60. The van der Waals surface area contributed by atoms with Gasteiger partial charge in [0.25, 0.3) is 0 Å². The van der Waals surface area contributed by atoms with E-state index in [-0.39, 0.29) is 5.91 Å². The lowest BCUT2D eigenvalue weighted by atomic mass is 10.1. The van der Waals surface area contributed by atoms with Crippen LogP contribution < -0.4 is 0 Å². The number of nitrogens with zero attached hydrogens (tertiary/aromatic N) is 4. The second kappa shape index (κ2) is 9.74. The number of hydrogen-bond donors (Lipinski definition) is 0. The van der Waals surface area contributed by atoms with Crippen molar-refractivity contribution in [3.05, 3.63) is 77.6 Å². The molecule has 0 N–H and O–H groups in total. The Bertz CT molecular complexity index is 921. The first-order chi connectivity index (χ1) is 14.3. The third-order valence-corrected chi connectivity index (χ3v) is 6.17. The summed E-state index contributed by atoms with van der Waals surface area (Å²) in [5.41, 5.74) is 2.40. The largest absolute Gasteiger partial charge is 0.342 e. The molecule has 1 aliphatic heterocycles. The van der Waals surface area contributed by atoms with Crippen LogP contribution in [-0.2, 0) is 17.8 Å². The van der Waals surface area contributed by atoms with Gasteiger partial charge >= 0.3 is 0 Å². The van der Waals surface area contributed by atoms with Gasteiger partial charge in [-0.15, -0.1) is 10.2 Å². The Morgan fingerprint density at radius 1 is 0.862 bits per heavy atom. The second-order valence-electron chi connectivity index (χ2n) is 7.36. The molecule has 6 heteroatoms. The summed E-state index contributed by atoms with van der Waals surface area (Å²) < 4.78 is 2.15. The first kappa shape index (κ1) is 19.7. The predicted molar refractivity (Wildman–Crippen MR) is 116 cm³/mol. The molecule has 0 spiro atoms. The standard InChI is InChI=1S/C23H26N4OS/c28-22(26-14-8-3-9-15-26)18-29-23-25-24-21(16-19-10-4-1-5-11-19)27(23)17-20-12-6-2-7-13-20/h1-2,4-7,10-13H,3,8-9,14-18H2. The lowest BCUT2D eigenvalue weighted by molar-refractivity contribution is -0.129. The molecule has 4 rings (SSSR count). The van der Waals surface area contributed by atoms with Crippen LogP contribution in [0.4, 0.5) is 0 Å². The molecule has 29 heavy (non-hydrogen) atoms. The van der Waals surface area contributed by atoms with Crippen molar-refractivity contribution in [3.8, 4) is 0 Å². The molecule has 1 fully saturated rings. The summed E-state index contributed by atoms with van der Waals surface area (Å²) in [5, 5.41) is 9.71. The van der Waals surface area contributed by atoms with E-state index >= 15 is 0 Å². The Balaban J connectivity index is 1.51. The van der Waals surface area contributed by atoms with E-state index in [1.54, 1.807) is 0 Å². The molecule has 1 amide bonds. The number of carbonyl (C=O) groups excluding carboxylic acids is 1. The summed E-state index contributed by atoms with van der Waals surface area (Å²) in [7, 11) is 0. The van der Waals surface area contributed by atoms with Crippen molar-refractivity contribution in [1.29, 1.82) is 0 Å². The number of hydrogen-bond acceptors (Lipinski definition) is 4. The molecule has 150 valence electrons. The number of amides is 1.